The van der Waals surface area contributed by atoms with Crippen LogP contribution in [0.3, 0.4) is 0 Å². The molecule has 1 aromatic heterocycles. The van der Waals surface area contributed by atoms with E-state index < -0.39 is 11.0 Å². The van der Waals surface area contributed by atoms with Gasteiger partial charge < -0.3 is 10.5 Å². The molecule has 8 nitrogen and oxygen atoms in total. The topological polar surface area (TPSA) is 118 Å². The molecule has 0 saturated heterocycles. The number of aryl methyl sites for hydroxylation is 1. The van der Waals surface area contributed by atoms with Crippen LogP contribution in [-0.4, -0.2) is 39.3 Å². The molecule has 2 N–H and O–H groups in total. The van der Waals surface area contributed by atoms with Crippen molar-refractivity contribution in [3.8, 4) is 0 Å². The van der Waals surface area contributed by atoms with Crippen molar-refractivity contribution in [2.24, 2.45) is 5.16 Å². The maximum atomic E-state index is 12.1. The van der Waals surface area contributed by atoms with Gasteiger partial charge in [-0.25, -0.2) is 0 Å². The Kier molecular flexibility index (Phi) is 6.85. The Labute approximate surface area is 134 Å². The Morgan fingerprint density at radius 3 is 2.83 bits per heavy atom. The molecule has 0 spiro atoms. The van der Waals surface area contributed by atoms with Gasteiger partial charge in [0, 0.05) is 29.3 Å². The van der Waals surface area contributed by atoms with Gasteiger partial charge in [-0.1, -0.05) is 12.1 Å². The van der Waals surface area contributed by atoms with Crippen LogP contribution in [0.1, 0.15) is 36.3 Å². The summed E-state index contributed by atoms with van der Waals surface area (Å²) in [7, 11) is 0. The number of carbonyl (C=O) groups is 1. The molecule has 124 valence electrons. The fourth-order valence-corrected chi connectivity index (χ4v) is 1.97. The predicted octanol–water partition coefficient (Wildman–Crippen LogP) is 1.95. The largest absolute Gasteiger partial charge is 0.411 e. The third-order valence-electron chi connectivity index (χ3n) is 3.42. The first-order valence-corrected chi connectivity index (χ1v) is 7.15. The summed E-state index contributed by atoms with van der Waals surface area (Å²) < 4.78 is 0. The second-order valence-corrected chi connectivity index (χ2v) is 4.94. The number of carbonyl (C=O) groups excluding carboxylic acids is 1. The first kappa shape index (κ1) is 18.3. The maximum Gasteiger partial charge on any atom is 0.253 e. The second-order valence-electron chi connectivity index (χ2n) is 4.94. The van der Waals surface area contributed by atoms with Gasteiger partial charge >= 0.3 is 0 Å². The molecule has 1 aromatic rings. The van der Waals surface area contributed by atoms with E-state index in [1.54, 1.807) is 32.2 Å². The number of oxime groups is 1. The van der Waals surface area contributed by atoms with E-state index in [0.29, 0.717) is 23.3 Å². The van der Waals surface area contributed by atoms with E-state index in [4.69, 9.17) is 5.21 Å². The lowest BCUT2D eigenvalue weighted by atomic mass is 10.0. The van der Waals surface area contributed by atoms with Gasteiger partial charge in [0.1, 0.15) is 0 Å². The van der Waals surface area contributed by atoms with Gasteiger partial charge in [0.05, 0.1) is 17.8 Å². The van der Waals surface area contributed by atoms with Crippen LogP contribution in [0.4, 0.5) is 0 Å². The monoisotopic (exact) mass is 320 g/mol. The Bertz CT molecular complexity index is 640. The molecule has 23 heavy (non-hydrogen) atoms. The first-order valence-electron chi connectivity index (χ1n) is 7.15. The maximum absolute atomic E-state index is 12.1. The zero-order chi connectivity index (χ0) is 17.4. The molecule has 0 aliphatic rings. The molecule has 0 saturated carbocycles. The van der Waals surface area contributed by atoms with E-state index in [2.05, 4.69) is 15.5 Å². The molecule has 1 rings (SSSR count). The van der Waals surface area contributed by atoms with Crippen LogP contribution in [0.15, 0.2) is 35.1 Å². The van der Waals surface area contributed by atoms with Crippen molar-refractivity contribution in [1.82, 2.24) is 10.3 Å². The average molecular weight is 320 g/mol. The molecular formula is C15H20N4O4. The van der Waals surface area contributed by atoms with Crippen LogP contribution in [0.2, 0.25) is 0 Å². The lowest BCUT2D eigenvalue weighted by molar-refractivity contribution is -0.507. The lowest BCUT2D eigenvalue weighted by Gasteiger charge is -2.09. The summed E-state index contributed by atoms with van der Waals surface area (Å²) in [5, 5.41) is 25.6. The van der Waals surface area contributed by atoms with Crippen molar-refractivity contribution in [3.63, 3.8) is 0 Å². The molecule has 0 aliphatic heterocycles. The van der Waals surface area contributed by atoms with E-state index in [1.807, 2.05) is 0 Å². The third kappa shape index (κ3) is 5.17. The average Bonchev–Trinajstić information content (AvgIpc) is 2.54. The smallest absolute Gasteiger partial charge is 0.253 e. The molecule has 1 heterocycles. The summed E-state index contributed by atoms with van der Waals surface area (Å²) >= 11 is 0. The van der Waals surface area contributed by atoms with Gasteiger partial charge in [-0.3, -0.25) is 19.9 Å². The Morgan fingerprint density at radius 2 is 2.30 bits per heavy atom. The summed E-state index contributed by atoms with van der Waals surface area (Å²) in [6.45, 7) is 4.90. The molecule has 0 aliphatic carbocycles. The summed E-state index contributed by atoms with van der Waals surface area (Å²) in [4.78, 5) is 26.5. The van der Waals surface area contributed by atoms with Crippen LogP contribution < -0.4 is 5.32 Å². The molecule has 1 amide bonds. The highest BCUT2D eigenvalue weighted by Crippen LogP contribution is 2.10. The normalized spacial score (nSPS) is 13.5. The van der Waals surface area contributed by atoms with Crippen LogP contribution in [0.5, 0.6) is 0 Å². The highest BCUT2D eigenvalue weighted by atomic mass is 16.6. The fraction of sp³-hybridized carbons (Fsp3) is 0.400. The number of rotatable bonds is 7. The summed E-state index contributed by atoms with van der Waals surface area (Å²) in [6, 6.07) is 2.40. The molecule has 8 heteroatoms. The number of nitro groups is 1. The Balaban J connectivity index is 2.80. The van der Waals surface area contributed by atoms with Crippen LogP contribution in [0.25, 0.3) is 0 Å². The van der Waals surface area contributed by atoms with Crippen LogP contribution in [-0.2, 0) is 0 Å². The summed E-state index contributed by atoms with van der Waals surface area (Å²) in [5.74, 6) is -0.356. The fourth-order valence-electron chi connectivity index (χ4n) is 1.97. The van der Waals surface area contributed by atoms with Gasteiger partial charge in [0.15, 0.2) is 0 Å². The van der Waals surface area contributed by atoms with Crippen molar-refractivity contribution >= 4 is 11.6 Å². The number of nitrogens with one attached hydrogen (secondary N) is 1. The second kappa shape index (κ2) is 8.62. The molecule has 1 atom stereocenters. The third-order valence-corrected chi connectivity index (χ3v) is 3.42. The highest BCUT2D eigenvalue weighted by Gasteiger charge is 2.18. The van der Waals surface area contributed by atoms with Gasteiger partial charge in [-0.05, 0) is 31.6 Å². The molecule has 0 fully saturated rings. The minimum Gasteiger partial charge on any atom is -0.411 e. The van der Waals surface area contributed by atoms with E-state index >= 15 is 0 Å². The molecule has 0 aromatic carbocycles. The van der Waals surface area contributed by atoms with Gasteiger partial charge in [-0.2, -0.15) is 0 Å². The van der Waals surface area contributed by atoms with Crippen molar-refractivity contribution in [2.45, 2.75) is 33.2 Å². The number of hydrogen-bond acceptors (Lipinski definition) is 6. The van der Waals surface area contributed by atoms with E-state index in [1.165, 1.54) is 13.0 Å². The number of amides is 1. The summed E-state index contributed by atoms with van der Waals surface area (Å²) in [6.07, 6.45) is 3.46. The van der Waals surface area contributed by atoms with E-state index in [0.717, 1.165) is 0 Å². The lowest BCUT2D eigenvalue weighted by Crippen LogP contribution is -2.30. The zero-order valence-electron chi connectivity index (χ0n) is 13.3. The molecule has 0 bridgehead atoms. The number of pyridine rings is 1. The molecule has 0 radical (unpaired) electrons. The Morgan fingerprint density at radius 1 is 1.61 bits per heavy atom. The standard InChI is InChI=1S/C15H20N4O4/c1-4-12(11(3)19(22)23)8-13(18-21)9-17-15(20)14-6-5-7-16-10(14)2/h5-8,11,21H,4,9H2,1-3H3,(H,17,20)/b12-8+,18-13+. The van der Waals surface area contributed by atoms with Crippen LogP contribution >= 0.6 is 0 Å². The van der Waals surface area contributed by atoms with Crippen molar-refractivity contribution in [1.29, 1.82) is 0 Å². The van der Waals surface area contributed by atoms with Gasteiger partial charge in [0.25, 0.3) is 5.91 Å². The zero-order valence-corrected chi connectivity index (χ0v) is 13.3. The highest BCUT2D eigenvalue weighted by molar-refractivity contribution is 6.02. The number of nitrogens with zero attached hydrogens (tertiary/aromatic N) is 3. The quantitative estimate of drug-likeness (QED) is 0.344. The van der Waals surface area contributed by atoms with Crippen molar-refractivity contribution in [2.75, 3.05) is 6.54 Å². The Hall–Kier alpha value is -2.77. The van der Waals surface area contributed by atoms with Crippen LogP contribution in [0, 0.1) is 17.0 Å². The van der Waals surface area contributed by atoms with Crippen molar-refractivity contribution in [3.05, 3.63) is 51.4 Å². The van der Waals surface area contributed by atoms with E-state index in [-0.39, 0.29) is 18.2 Å². The van der Waals surface area contributed by atoms with Gasteiger partial charge in [-0.15, -0.1) is 0 Å². The first-order chi connectivity index (χ1) is 10.9. The predicted molar refractivity (Wildman–Crippen MR) is 85.4 cm³/mol. The minimum absolute atomic E-state index is 0.0440. The summed E-state index contributed by atoms with van der Waals surface area (Å²) in [5.41, 5.74) is 1.66. The minimum atomic E-state index is -0.881. The SMILES string of the molecule is CC/C(=C\C(CNC(=O)c1cccnc1C)=N/O)C(C)[N+](=O)[O-]. The number of aromatic nitrogens is 1. The number of hydrogen-bond donors (Lipinski definition) is 2. The van der Waals surface area contributed by atoms with E-state index in [9.17, 15) is 14.9 Å². The van der Waals surface area contributed by atoms with Gasteiger partial charge in [0.2, 0.25) is 6.04 Å². The van der Waals surface area contributed by atoms with Crippen molar-refractivity contribution < 1.29 is 14.9 Å². The molecule has 1 unspecified atom stereocenters. The molecular weight excluding hydrogens is 300 g/mol.